The molecule has 5 heteroatoms. The first-order chi connectivity index (χ1) is 7.85. The van der Waals surface area contributed by atoms with E-state index < -0.39 is 15.9 Å². The van der Waals surface area contributed by atoms with Crippen LogP contribution in [0, 0.1) is 23.2 Å². The summed E-state index contributed by atoms with van der Waals surface area (Å²) in [6.07, 6.45) is 1.99. The summed E-state index contributed by atoms with van der Waals surface area (Å²) in [5, 5.41) is 9.65. The van der Waals surface area contributed by atoms with Gasteiger partial charge in [-0.25, -0.2) is 0 Å². The smallest absolute Gasteiger partial charge is 0.139 e. The quantitative estimate of drug-likeness (QED) is 0.796. The van der Waals surface area contributed by atoms with Gasteiger partial charge in [0.25, 0.3) is 0 Å². The molecule has 3 rings (SSSR count). The summed E-state index contributed by atoms with van der Waals surface area (Å²) in [4.78, 5) is 11.7. The molecule has 3 aliphatic carbocycles. The van der Waals surface area contributed by atoms with E-state index >= 15 is 0 Å². The first-order valence-corrected chi connectivity index (χ1v) is 7.25. The monoisotopic (exact) mass is 296 g/mol. The van der Waals surface area contributed by atoms with Gasteiger partial charge in [-0.15, -0.1) is 34.8 Å². The van der Waals surface area contributed by atoms with Crippen LogP contribution in [0.4, 0.5) is 0 Å². The molecule has 3 fully saturated rings. The Morgan fingerprint density at radius 1 is 1.35 bits per heavy atom. The second-order valence-electron chi connectivity index (χ2n) is 5.71. The summed E-state index contributed by atoms with van der Waals surface area (Å²) in [6, 6.07) is 0. The van der Waals surface area contributed by atoms with Crippen molar-refractivity contribution < 1.29 is 9.90 Å². The maximum atomic E-state index is 11.7. The summed E-state index contributed by atoms with van der Waals surface area (Å²) in [5.74, 6) is 0.827. The number of ketones is 1. The number of alkyl halides is 3. The Morgan fingerprint density at radius 2 is 2.00 bits per heavy atom. The van der Waals surface area contributed by atoms with Gasteiger partial charge in [-0.1, -0.05) is 0 Å². The number of hydrogen-bond acceptors (Lipinski definition) is 2. The predicted octanol–water partition coefficient (Wildman–Crippen LogP) is 2.76. The molecule has 0 aliphatic heterocycles. The van der Waals surface area contributed by atoms with Gasteiger partial charge in [-0.2, -0.15) is 0 Å². The number of fused-ring (bicyclic) bond motifs is 1. The van der Waals surface area contributed by atoms with Gasteiger partial charge >= 0.3 is 0 Å². The molecule has 0 radical (unpaired) electrons. The van der Waals surface area contributed by atoms with Crippen molar-refractivity contribution in [3.63, 3.8) is 0 Å². The number of hydrogen-bond donors (Lipinski definition) is 1. The zero-order valence-electron chi connectivity index (χ0n) is 9.50. The molecule has 4 unspecified atom stereocenters. The third-order valence-corrected chi connectivity index (χ3v) is 6.60. The van der Waals surface area contributed by atoms with Crippen molar-refractivity contribution in [2.45, 2.75) is 42.0 Å². The summed E-state index contributed by atoms with van der Waals surface area (Å²) in [6.45, 7) is 1.57. The predicted molar refractivity (Wildman–Crippen MR) is 67.5 cm³/mol. The molecule has 3 saturated carbocycles. The van der Waals surface area contributed by atoms with Gasteiger partial charge in [0.05, 0.1) is 16.9 Å². The number of aliphatic hydroxyl groups is 1. The lowest BCUT2D eigenvalue weighted by atomic mass is 9.78. The minimum absolute atomic E-state index is 0.0972. The van der Waals surface area contributed by atoms with Gasteiger partial charge < -0.3 is 5.11 Å². The summed E-state index contributed by atoms with van der Waals surface area (Å²) in [5.41, 5.74) is -0.500. The van der Waals surface area contributed by atoms with E-state index in [0.717, 1.165) is 12.8 Å². The van der Waals surface area contributed by atoms with Crippen LogP contribution in [0.25, 0.3) is 0 Å². The standard InChI is InChI=1S/C12H15Cl3O2/c1-5(16)11-9(10(11)12(11,14)15)6-2-3-7(13)8(17)4-6/h6-10,17H,2-4H2,1H3/t6-,7?,8+,9?,10?,11?/m1/s1. The van der Waals surface area contributed by atoms with Gasteiger partial charge in [0.15, 0.2) is 0 Å². The third kappa shape index (κ3) is 1.36. The molecular weight excluding hydrogens is 282 g/mol. The van der Waals surface area contributed by atoms with Crippen molar-refractivity contribution in [1.29, 1.82) is 0 Å². The Labute approximate surface area is 116 Å². The highest BCUT2D eigenvalue weighted by molar-refractivity contribution is 6.55. The normalized spacial score (nSPS) is 55.0. The molecule has 0 aromatic rings. The Kier molecular flexibility index (Phi) is 2.60. The molecule has 17 heavy (non-hydrogen) atoms. The van der Waals surface area contributed by atoms with E-state index in [0.29, 0.717) is 12.3 Å². The zero-order valence-corrected chi connectivity index (χ0v) is 11.8. The zero-order chi connectivity index (χ0) is 12.6. The van der Waals surface area contributed by atoms with E-state index in [2.05, 4.69) is 0 Å². The van der Waals surface area contributed by atoms with Crippen molar-refractivity contribution in [2.24, 2.45) is 23.2 Å². The lowest BCUT2D eigenvalue weighted by Crippen LogP contribution is -2.36. The molecule has 0 spiro atoms. The fraction of sp³-hybridized carbons (Fsp3) is 0.917. The highest BCUT2D eigenvalue weighted by atomic mass is 35.5. The van der Waals surface area contributed by atoms with Crippen LogP contribution < -0.4 is 0 Å². The minimum atomic E-state index is -0.841. The number of rotatable bonds is 2. The third-order valence-electron chi connectivity index (χ3n) is 4.99. The van der Waals surface area contributed by atoms with Crippen LogP contribution in [0.2, 0.25) is 0 Å². The van der Waals surface area contributed by atoms with Gasteiger partial charge in [-0.05, 0) is 38.0 Å². The molecule has 2 nitrogen and oxygen atoms in total. The van der Waals surface area contributed by atoms with E-state index in [9.17, 15) is 9.90 Å². The fourth-order valence-electron chi connectivity index (χ4n) is 4.02. The van der Waals surface area contributed by atoms with E-state index in [1.165, 1.54) is 0 Å². The summed E-state index contributed by atoms with van der Waals surface area (Å²) < 4.78 is -0.841. The van der Waals surface area contributed by atoms with Gasteiger partial charge in [0.2, 0.25) is 0 Å². The topological polar surface area (TPSA) is 37.3 Å². The Balaban J connectivity index is 1.72. The van der Waals surface area contributed by atoms with Gasteiger partial charge in [0, 0.05) is 5.92 Å². The van der Waals surface area contributed by atoms with Crippen molar-refractivity contribution >= 4 is 40.6 Å². The maximum absolute atomic E-state index is 11.7. The molecule has 6 atom stereocenters. The van der Waals surface area contributed by atoms with Crippen LogP contribution in [0.5, 0.6) is 0 Å². The molecule has 0 aromatic carbocycles. The van der Waals surface area contributed by atoms with Crippen LogP contribution in [0.3, 0.4) is 0 Å². The van der Waals surface area contributed by atoms with Gasteiger partial charge in [-0.3, -0.25) is 4.79 Å². The number of halogens is 3. The van der Waals surface area contributed by atoms with Crippen LogP contribution in [0.1, 0.15) is 26.2 Å². The second-order valence-corrected chi connectivity index (χ2v) is 7.65. The lowest BCUT2D eigenvalue weighted by Gasteiger charge is -2.34. The number of carbonyl (C=O) groups is 1. The van der Waals surface area contributed by atoms with Crippen molar-refractivity contribution in [1.82, 2.24) is 0 Å². The molecule has 0 bridgehead atoms. The van der Waals surface area contributed by atoms with Crippen molar-refractivity contribution in [3.05, 3.63) is 0 Å². The summed E-state index contributed by atoms with van der Waals surface area (Å²) in [7, 11) is 0. The Hall–Kier alpha value is 0.500. The largest absolute Gasteiger partial charge is 0.392 e. The lowest BCUT2D eigenvalue weighted by molar-refractivity contribution is -0.121. The van der Waals surface area contributed by atoms with Crippen LogP contribution in [-0.4, -0.2) is 26.7 Å². The molecular formula is C12H15Cl3O2. The van der Waals surface area contributed by atoms with E-state index in [4.69, 9.17) is 34.8 Å². The minimum Gasteiger partial charge on any atom is -0.392 e. The Morgan fingerprint density at radius 3 is 2.41 bits per heavy atom. The Bertz CT molecular complexity index is 384. The average molecular weight is 298 g/mol. The highest BCUT2D eigenvalue weighted by Crippen LogP contribution is 2.92. The molecule has 96 valence electrons. The van der Waals surface area contributed by atoms with Crippen LogP contribution in [-0.2, 0) is 4.79 Å². The number of carbonyl (C=O) groups excluding carboxylic acids is 1. The molecule has 0 heterocycles. The van der Waals surface area contributed by atoms with Crippen molar-refractivity contribution in [3.8, 4) is 0 Å². The number of aliphatic hydroxyl groups excluding tert-OH is 1. The fourth-order valence-corrected chi connectivity index (χ4v) is 5.51. The molecule has 0 amide bonds. The van der Waals surface area contributed by atoms with Crippen LogP contribution in [0.15, 0.2) is 0 Å². The first kappa shape index (κ1) is 12.5. The van der Waals surface area contributed by atoms with Gasteiger partial charge in [0.1, 0.15) is 10.1 Å². The van der Waals surface area contributed by atoms with Crippen molar-refractivity contribution in [2.75, 3.05) is 0 Å². The van der Waals surface area contributed by atoms with E-state index in [1.54, 1.807) is 6.92 Å². The summed E-state index contributed by atoms with van der Waals surface area (Å²) >= 11 is 18.2. The van der Waals surface area contributed by atoms with Crippen LogP contribution >= 0.6 is 34.8 Å². The first-order valence-electron chi connectivity index (χ1n) is 6.06. The SMILES string of the molecule is CC(=O)C12C([C@@H]3CCC(Cl)[C@@H](O)C3)C1C2(Cl)Cl. The second kappa shape index (κ2) is 3.53. The van der Waals surface area contributed by atoms with E-state index in [1.807, 2.05) is 0 Å². The highest BCUT2D eigenvalue weighted by Gasteiger charge is 2.98. The molecule has 1 N–H and O–H groups in total. The maximum Gasteiger partial charge on any atom is 0.139 e. The molecule has 0 aromatic heterocycles. The van der Waals surface area contributed by atoms with E-state index in [-0.39, 0.29) is 23.0 Å². The number of Topliss-reactive ketones (excluding diaryl/α,β-unsaturated/α-hetero) is 1. The molecule has 0 saturated heterocycles. The average Bonchev–Trinajstić information content (AvgIpc) is 3.06. The molecule has 3 aliphatic rings.